The zero-order valence-corrected chi connectivity index (χ0v) is 20.1. The normalized spacial score (nSPS) is 17.1. The van der Waals surface area contributed by atoms with Gasteiger partial charge in [0.15, 0.2) is 23.1 Å². The van der Waals surface area contributed by atoms with Crippen molar-refractivity contribution in [3.8, 4) is 28.6 Å². The maximum atomic E-state index is 13.2. The molecule has 5 rings (SSSR count). The van der Waals surface area contributed by atoms with Gasteiger partial charge in [0.2, 0.25) is 11.7 Å². The molecular formula is C26H28N4O4. The van der Waals surface area contributed by atoms with E-state index < -0.39 is 6.04 Å². The minimum atomic E-state index is -0.458. The predicted molar refractivity (Wildman–Crippen MR) is 129 cm³/mol. The molecule has 0 saturated heterocycles. The van der Waals surface area contributed by atoms with Gasteiger partial charge in [-0.3, -0.25) is 4.79 Å². The zero-order valence-electron chi connectivity index (χ0n) is 20.1. The van der Waals surface area contributed by atoms with Crippen LogP contribution in [0, 0.1) is 13.8 Å². The summed E-state index contributed by atoms with van der Waals surface area (Å²) in [6.45, 7) is 4.15. The number of benzene rings is 2. The molecule has 8 nitrogen and oxygen atoms in total. The third kappa shape index (κ3) is 3.50. The Morgan fingerprint density at radius 1 is 0.971 bits per heavy atom. The summed E-state index contributed by atoms with van der Waals surface area (Å²) < 4.78 is 18.5. The molecular weight excluding hydrogens is 432 g/mol. The van der Waals surface area contributed by atoms with Gasteiger partial charge in [-0.25, -0.2) is 4.68 Å². The number of hydrogen-bond donors (Lipinski definition) is 1. The molecule has 0 amide bonds. The molecule has 0 saturated carbocycles. The van der Waals surface area contributed by atoms with Gasteiger partial charge in [-0.15, -0.1) is 5.10 Å². The number of Topliss-reactive ketones (excluding diaryl/α,β-unsaturated/α-hetero) is 1. The number of ketones is 1. The number of aromatic nitrogens is 3. The lowest BCUT2D eigenvalue weighted by Crippen LogP contribution is -2.31. The molecule has 1 unspecified atom stereocenters. The molecule has 3 aromatic rings. The number of carbonyl (C=O) groups is 1. The van der Waals surface area contributed by atoms with E-state index in [-0.39, 0.29) is 5.78 Å². The largest absolute Gasteiger partial charge is 0.493 e. The number of nitrogens with zero attached hydrogens (tertiary/aromatic N) is 3. The maximum absolute atomic E-state index is 13.2. The SMILES string of the molecule is COc1cc(C2C3=C(CCCC3=O)Nc3nc(-c4ccc(C)c(C)c4)nn32)cc(OC)c1OC. The molecule has 0 fully saturated rings. The minimum absolute atomic E-state index is 0.112. The maximum Gasteiger partial charge on any atom is 0.226 e. The van der Waals surface area contributed by atoms with E-state index in [0.29, 0.717) is 41.0 Å². The highest BCUT2D eigenvalue weighted by Crippen LogP contribution is 2.45. The van der Waals surface area contributed by atoms with Gasteiger partial charge in [-0.05, 0) is 61.6 Å². The number of fused-ring (bicyclic) bond motifs is 1. The summed E-state index contributed by atoms with van der Waals surface area (Å²) in [5.74, 6) is 2.88. The Balaban J connectivity index is 1.71. The average Bonchev–Trinajstić information content (AvgIpc) is 3.27. The Morgan fingerprint density at radius 2 is 1.71 bits per heavy atom. The molecule has 1 aliphatic heterocycles. The molecule has 0 bridgehead atoms. The lowest BCUT2D eigenvalue weighted by atomic mass is 9.85. The van der Waals surface area contributed by atoms with Crippen LogP contribution in [0.2, 0.25) is 0 Å². The van der Waals surface area contributed by atoms with Crippen molar-refractivity contribution in [1.82, 2.24) is 14.8 Å². The van der Waals surface area contributed by atoms with Crippen molar-refractivity contribution in [1.29, 1.82) is 0 Å². The lowest BCUT2D eigenvalue weighted by Gasteiger charge is -2.32. The van der Waals surface area contributed by atoms with Crippen LogP contribution in [0.15, 0.2) is 41.6 Å². The van der Waals surface area contributed by atoms with Gasteiger partial charge in [0.1, 0.15) is 6.04 Å². The standard InChI is InChI=1S/C26H28N4O4/c1-14-9-10-16(11-15(14)2)25-28-26-27-18-7-6-8-19(31)22(18)23(30(26)29-25)17-12-20(32-3)24(34-5)21(13-17)33-4/h9-13,23H,6-8H2,1-5H3,(H,27,28,29). The Labute approximate surface area is 198 Å². The molecule has 1 aromatic heterocycles. The van der Waals surface area contributed by atoms with E-state index in [4.69, 9.17) is 24.3 Å². The van der Waals surface area contributed by atoms with Crippen LogP contribution in [0.1, 0.15) is 42.0 Å². The summed E-state index contributed by atoms with van der Waals surface area (Å²) in [6, 6.07) is 9.48. The van der Waals surface area contributed by atoms with E-state index in [1.54, 1.807) is 26.0 Å². The highest BCUT2D eigenvalue weighted by molar-refractivity contribution is 5.99. The van der Waals surface area contributed by atoms with Crippen molar-refractivity contribution >= 4 is 11.7 Å². The molecule has 0 spiro atoms. The first kappa shape index (κ1) is 22.0. The topological polar surface area (TPSA) is 87.5 Å². The summed E-state index contributed by atoms with van der Waals surface area (Å²) >= 11 is 0. The number of methoxy groups -OCH3 is 3. The summed E-state index contributed by atoms with van der Waals surface area (Å²) in [6.07, 6.45) is 2.11. The Bertz CT molecular complexity index is 1300. The van der Waals surface area contributed by atoms with Gasteiger partial charge < -0.3 is 19.5 Å². The van der Waals surface area contributed by atoms with E-state index in [1.807, 2.05) is 18.2 Å². The highest BCUT2D eigenvalue weighted by Gasteiger charge is 2.38. The number of rotatable bonds is 5. The van der Waals surface area contributed by atoms with Crippen molar-refractivity contribution in [3.63, 3.8) is 0 Å². The molecule has 2 aromatic carbocycles. The summed E-state index contributed by atoms with van der Waals surface area (Å²) in [5, 5.41) is 8.26. The second-order valence-corrected chi connectivity index (χ2v) is 8.66. The van der Waals surface area contributed by atoms with E-state index in [9.17, 15) is 4.79 Å². The van der Waals surface area contributed by atoms with Crippen molar-refractivity contribution in [2.75, 3.05) is 26.6 Å². The summed E-state index contributed by atoms with van der Waals surface area (Å²) in [4.78, 5) is 18.0. The number of nitrogens with one attached hydrogen (secondary N) is 1. The third-order valence-corrected chi connectivity index (χ3v) is 6.64. The van der Waals surface area contributed by atoms with Crippen LogP contribution >= 0.6 is 0 Å². The number of carbonyl (C=O) groups excluding carboxylic acids is 1. The summed E-state index contributed by atoms with van der Waals surface area (Å²) in [5.41, 5.74) is 5.75. The lowest BCUT2D eigenvalue weighted by molar-refractivity contribution is -0.116. The van der Waals surface area contributed by atoms with E-state index in [0.717, 1.165) is 29.7 Å². The third-order valence-electron chi connectivity index (χ3n) is 6.64. The van der Waals surface area contributed by atoms with Gasteiger partial charge >= 0.3 is 0 Å². The number of allylic oxidation sites excluding steroid dienone is 2. The van der Waals surface area contributed by atoms with E-state index in [2.05, 4.69) is 31.3 Å². The summed E-state index contributed by atoms with van der Waals surface area (Å²) in [7, 11) is 4.73. The van der Waals surface area contributed by atoms with Crippen molar-refractivity contribution in [2.24, 2.45) is 0 Å². The van der Waals surface area contributed by atoms with Gasteiger partial charge in [-0.1, -0.05) is 12.1 Å². The van der Waals surface area contributed by atoms with E-state index >= 15 is 0 Å². The molecule has 8 heteroatoms. The van der Waals surface area contributed by atoms with Crippen LogP contribution in [0.25, 0.3) is 11.4 Å². The predicted octanol–water partition coefficient (Wildman–Crippen LogP) is 4.61. The number of hydrogen-bond acceptors (Lipinski definition) is 7. The molecule has 1 atom stereocenters. The van der Waals surface area contributed by atoms with Crippen LogP contribution in [-0.4, -0.2) is 41.9 Å². The molecule has 1 aliphatic carbocycles. The Kier molecular flexibility index (Phi) is 5.51. The van der Waals surface area contributed by atoms with Crippen LogP contribution < -0.4 is 19.5 Å². The van der Waals surface area contributed by atoms with Crippen molar-refractivity contribution in [3.05, 3.63) is 58.3 Å². The second kappa shape index (κ2) is 8.52. The van der Waals surface area contributed by atoms with Crippen LogP contribution in [0.4, 0.5) is 5.95 Å². The van der Waals surface area contributed by atoms with Crippen LogP contribution in [0.3, 0.4) is 0 Å². The average molecular weight is 461 g/mol. The quantitative estimate of drug-likeness (QED) is 0.595. The van der Waals surface area contributed by atoms with E-state index in [1.165, 1.54) is 11.1 Å². The fraction of sp³-hybridized carbons (Fsp3) is 0.346. The monoisotopic (exact) mass is 460 g/mol. The Morgan fingerprint density at radius 3 is 2.35 bits per heavy atom. The van der Waals surface area contributed by atoms with Crippen molar-refractivity contribution < 1.29 is 19.0 Å². The fourth-order valence-corrected chi connectivity index (χ4v) is 4.73. The molecule has 176 valence electrons. The van der Waals surface area contributed by atoms with Crippen LogP contribution in [-0.2, 0) is 4.79 Å². The fourth-order valence-electron chi connectivity index (χ4n) is 4.73. The zero-order chi connectivity index (χ0) is 24.0. The van der Waals surface area contributed by atoms with Gasteiger partial charge in [0, 0.05) is 23.3 Å². The minimum Gasteiger partial charge on any atom is -0.493 e. The number of anilines is 1. The molecule has 2 aliphatic rings. The van der Waals surface area contributed by atoms with Crippen molar-refractivity contribution in [2.45, 2.75) is 39.2 Å². The van der Waals surface area contributed by atoms with Gasteiger partial charge in [0.05, 0.1) is 21.3 Å². The Hall–Kier alpha value is -3.81. The number of ether oxygens (including phenoxy) is 3. The first-order valence-electron chi connectivity index (χ1n) is 11.3. The molecule has 0 radical (unpaired) electrons. The molecule has 1 N–H and O–H groups in total. The van der Waals surface area contributed by atoms with Gasteiger partial charge in [-0.2, -0.15) is 4.98 Å². The van der Waals surface area contributed by atoms with Gasteiger partial charge in [0.25, 0.3) is 0 Å². The molecule has 34 heavy (non-hydrogen) atoms. The highest BCUT2D eigenvalue weighted by atomic mass is 16.5. The smallest absolute Gasteiger partial charge is 0.226 e. The molecule has 2 heterocycles. The first-order chi connectivity index (χ1) is 16.4. The van der Waals surface area contributed by atoms with Crippen LogP contribution in [0.5, 0.6) is 17.2 Å². The second-order valence-electron chi connectivity index (χ2n) is 8.66. The number of aryl methyl sites for hydroxylation is 2. The first-order valence-corrected chi connectivity index (χ1v) is 11.3.